The lowest BCUT2D eigenvalue weighted by molar-refractivity contribution is -0.120. The molecule has 3 aromatic rings. The molecular weight excluding hydrogens is 454 g/mol. The van der Waals surface area contributed by atoms with Crippen molar-refractivity contribution < 1.29 is 17.7 Å². The summed E-state index contributed by atoms with van der Waals surface area (Å²) in [5, 5.41) is 11.6. The SMILES string of the molecule is Cc1noc(C)c1S(=O)(=O)N1CCCC(C(=O)Nc2ccnn2Cc2ccc(Cl)cc2)C1. The molecule has 2 aromatic heterocycles. The number of hydrogen-bond acceptors (Lipinski definition) is 6. The van der Waals surface area contributed by atoms with Gasteiger partial charge in [0.25, 0.3) is 0 Å². The summed E-state index contributed by atoms with van der Waals surface area (Å²) >= 11 is 5.94. The van der Waals surface area contributed by atoms with E-state index in [9.17, 15) is 13.2 Å². The van der Waals surface area contributed by atoms with Gasteiger partial charge in [-0.2, -0.15) is 9.40 Å². The van der Waals surface area contributed by atoms with Gasteiger partial charge in [-0.1, -0.05) is 28.9 Å². The number of aromatic nitrogens is 3. The number of sulfonamides is 1. The highest BCUT2D eigenvalue weighted by atomic mass is 35.5. The molecule has 1 aliphatic rings. The maximum Gasteiger partial charge on any atom is 0.248 e. The fourth-order valence-electron chi connectivity index (χ4n) is 3.90. The molecule has 9 nitrogen and oxygen atoms in total. The van der Waals surface area contributed by atoms with Crippen molar-refractivity contribution in [2.75, 3.05) is 18.4 Å². The summed E-state index contributed by atoms with van der Waals surface area (Å²) in [4.78, 5) is 13.1. The minimum absolute atomic E-state index is 0.0830. The smallest absolute Gasteiger partial charge is 0.248 e. The number of amides is 1. The minimum Gasteiger partial charge on any atom is -0.360 e. The number of nitrogens with zero attached hydrogens (tertiary/aromatic N) is 4. The van der Waals surface area contributed by atoms with Crippen LogP contribution in [0.4, 0.5) is 5.82 Å². The maximum absolute atomic E-state index is 13.1. The monoisotopic (exact) mass is 477 g/mol. The van der Waals surface area contributed by atoms with Crippen LogP contribution < -0.4 is 5.32 Å². The van der Waals surface area contributed by atoms with Crippen molar-refractivity contribution in [1.82, 2.24) is 19.2 Å². The average Bonchev–Trinajstić information content (AvgIpc) is 3.35. The van der Waals surface area contributed by atoms with Gasteiger partial charge in [0.1, 0.15) is 16.4 Å². The quantitative estimate of drug-likeness (QED) is 0.583. The summed E-state index contributed by atoms with van der Waals surface area (Å²) in [6, 6.07) is 9.11. The zero-order valence-corrected chi connectivity index (χ0v) is 19.4. The summed E-state index contributed by atoms with van der Waals surface area (Å²) < 4.78 is 34.3. The van der Waals surface area contributed by atoms with Gasteiger partial charge in [-0.3, -0.25) is 4.79 Å². The Bertz CT molecular complexity index is 1200. The van der Waals surface area contributed by atoms with E-state index < -0.39 is 15.9 Å². The van der Waals surface area contributed by atoms with Gasteiger partial charge in [0.2, 0.25) is 15.9 Å². The van der Waals surface area contributed by atoms with Gasteiger partial charge in [0, 0.05) is 24.2 Å². The van der Waals surface area contributed by atoms with Crippen molar-refractivity contribution >= 4 is 33.3 Å². The standard InChI is InChI=1S/C21H24ClN5O4S/c1-14-20(15(2)31-25-14)32(29,30)26-11-3-4-17(13-26)21(28)24-19-9-10-23-27(19)12-16-5-7-18(22)8-6-16/h5-10,17H,3-4,11-13H2,1-2H3,(H,24,28). The molecule has 1 N–H and O–H groups in total. The van der Waals surface area contributed by atoms with Gasteiger partial charge >= 0.3 is 0 Å². The maximum atomic E-state index is 13.1. The molecular formula is C21H24ClN5O4S. The second-order valence-electron chi connectivity index (χ2n) is 7.85. The molecule has 32 heavy (non-hydrogen) atoms. The molecule has 1 unspecified atom stereocenters. The first-order valence-electron chi connectivity index (χ1n) is 10.3. The van der Waals surface area contributed by atoms with E-state index in [-0.39, 0.29) is 23.1 Å². The summed E-state index contributed by atoms with van der Waals surface area (Å²) in [5.41, 5.74) is 1.31. The van der Waals surface area contributed by atoms with E-state index in [1.54, 1.807) is 42.9 Å². The van der Waals surface area contributed by atoms with Gasteiger partial charge in [0.15, 0.2) is 5.76 Å². The van der Waals surface area contributed by atoms with Gasteiger partial charge < -0.3 is 9.84 Å². The third kappa shape index (κ3) is 4.57. The minimum atomic E-state index is -3.79. The number of nitrogens with one attached hydrogen (secondary N) is 1. The van der Waals surface area contributed by atoms with E-state index in [0.29, 0.717) is 42.5 Å². The molecule has 1 aliphatic heterocycles. The van der Waals surface area contributed by atoms with Gasteiger partial charge in [-0.05, 0) is 44.4 Å². The van der Waals surface area contributed by atoms with Crippen LogP contribution >= 0.6 is 11.6 Å². The first-order chi connectivity index (χ1) is 15.3. The average molecular weight is 478 g/mol. The predicted molar refractivity (Wildman–Crippen MR) is 119 cm³/mol. The van der Waals surface area contributed by atoms with Crippen molar-refractivity contribution in [3.63, 3.8) is 0 Å². The summed E-state index contributed by atoms with van der Waals surface area (Å²) in [6.07, 6.45) is 2.80. The normalized spacial score (nSPS) is 17.4. The number of anilines is 1. The molecule has 1 aromatic carbocycles. The molecule has 0 aliphatic carbocycles. The van der Waals surface area contributed by atoms with E-state index in [1.165, 1.54) is 4.31 Å². The highest BCUT2D eigenvalue weighted by molar-refractivity contribution is 7.89. The molecule has 3 heterocycles. The number of aryl methyl sites for hydroxylation is 2. The van der Waals surface area contributed by atoms with Crippen molar-refractivity contribution in [1.29, 1.82) is 0 Å². The number of rotatable bonds is 6. The lowest BCUT2D eigenvalue weighted by Crippen LogP contribution is -2.44. The van der Waals surface area contributed by atoms with Crippen LogP contribution in [0.15, 0.2) is 45.9 Å². The van der Waals surface area contributed by atoms with Crippen LogP contribution in [0.5, 0.6) is 0 Å². The van der Waals surface area contributed by atoms with Crippen molar-refractivity contribution in [2.24, 2.45) is 5.92 Å². The summed E-state index contributed by atoms with van der Waals surface area (Å²) in [7, 11) is -3.79. The highest BCUT2D eigenvalue weighted by Crippen LogP contribution is 2.28. The molecule has 11 heteroatoms. The van der Waals surface area contributed by atoms with Crippen LogP contribution in [-0.4, -0.2) is 46.7 Å². The van der Waals surface area contributed by atoms with E-state index in [4.69, 9.17) is 16.1 Å². The molecule has 1 atom stereocenters. The van der Waals surface area contributed by atoms with Crippen molar-refractivity contribution in [2.45, 2.75) is 38.1 Å². The molecule has 1 fully saturated rings. The second kappa shape index (κ2) is 9.05. The fourth-order valence-corrected chi connectivity index (χ4v) is 5.84. The first kappa shape index (κ1) is 22.5. The van der Waals surface area contributed by atoms with E-state index >= 15 is 0 Å². The van der Waals surface area contributed by atoms with Crippen molar-refractivity contribution in [3.8, 4) is 0 Å². The lowest BCUT2D eigenvalue weighted by atomic mass is 9.99. The van der Waals surface area contributed by atoms with E-state index in [1.807, 2.05) is 12.1 Å². The zero-order valence-electron chi connectivity index (χ0n) is 17.8. The third-order valence-electron chi connectivity index (χ3n) is 5.53. The van der Waals surface area contributed by atoms with Gasteiger partial charge in [-0.25, -0.2) is 13.1 Å². The van der Waals surface area contributed by atoms with Crippen LogP contribution in [0.3, 0.4) is 0 Å². The van der Waals surface area contributed by atoms with Crippen LogP contribution in [0.1, 0.15) is 29.9 Å². The number of carbonyl (C=O) groups excluding carboxylic acids is 1. The Hall–Kier alpha value is -2.69. The third-order valence-corrected chi connectivity index (χ3v) is 7.90. The van der Waals surface area contributed by atoms with Gasteiger partial charge in [-0.15, -0.1) is 0 Å². The summed E-state index contributed by atoms with van der Waals surface area (Å²) in [6.45, 7) is 4.09. The highest BCUT2D eigenvalue weighted by Gasteiger charge is 2.36. The molecule has 170 valence electrons. The van der Waals surface area contributed by atoms with Gasteiger partial charge in [0.05, 0.1) is 18.7 Å². The number of carbonyl (C=O) groups is 1. The Morgan fingerprint density at radius 3 is 2.69 bits per heavy atom. The Morgan fingerprint density at radius 1 is 1.25 bits per heavy atom. The predicted octanol–water partition coefficient (Wildman–Crippen LogP) is 3.23. The first-order valence-corrected chi connectivity index (χ1v) is 12.1. The summed E-state index contributed by atoms with van der Waals surface area (Å²) in [5.74, 6) is 0.0928. The Balaban J connectivity index is 1.46. The van der Waals surface area contributed by atoms with E-state index in [0.717, 1.165) is 5.56 Å². The largest absolute Gasteiger partial charge is 0.360 e. The molecule has 0 saturated carbocycles. The molecule has 1 amide bonds. The zero-order chi connectivity index (χ0) is 22.9. The number of benzene rings is 1. The molecule has 0 bridgehead atoms. The Morgan fingerprint density at radius 2 is 2.00 bits per heavy atom. The van der Waals surface area contributed by atoms with Crippen LogP contribution in [0, 0.1) is 19.8 Å². The number of halogens is 1. The molecule has 0 radical (unpaired) electrons. The van der Waals surface area contributed by atoms with Crippen molar-refractivity contribution in [3.05, 3.63) is 58.6 Å². The Labute approximate surface area is 191 Å². The van der Waals surface area contributed by atoms with Crippen LogP contribution in [0.25, 0.3) is 0 Å². The lowest BCUT2D eigenvalue weighted by Gasteiger charge is -2.31. The molecule has 0 spiro atoms. The molecule has 1 saturated heterocycles. The van der Waals surface area contributed by atoms with Crippen LogP contribution in [-0.2, 0) is 21.4 Å². The fraction of sp³-hybridized carbons (Fsp3) is 0.381. The number of hydrogen-bond donors (Lipinski definition) is 1. The van der Waals surface area contributed by atoms with E-state index in [2.05, 4.69) is 15.6 Å². The number of piperidine rings is 1. The second-order valence-corrected chi connectivity index (χ2v) is 10.2. The Kier molecular flexibility index (Phi) is 6.36. The van der Waals surface area contributed by atoms with Crippen LogP contribution in [0.2, 0.25) is 5.02 Å². The topological polar surface area (TPSA) is 110 Å². The molecule has 4 rings (SSSR count).